The van der Waals surface area contributed by atoms with E-state index in [-0.39, 0.29) is 5.91 Å². The lowest BCUT2D eigenvalue weighted by molar-refractivity contribution is -0.137. The van der Waals surface area contributed by atoms with Gasteiger partial charge in [0, 0.05) is 38.8 Å². The second-order valence-corrected chi connectivity index (χ2v) is 5.39. The van der Waals surface area contributed by atoms with Crippen LogP contribution in [0.4, 0.5) is 18.9 Å². The Hall–Kier alpha value is -1.83. The summed E-state index contributed by atoms with van der Waals surface area (Å²) in [5.74, 6) is 0.0106. The largest absolute Gasteiger partial charge is 0.416 e. The number of carbonyl (C=O) groups excluding carboxylic acids is 1. The molecule has 1 aliphatic heterocycles. The molecule has 8 heteroatoms. The van der Waals surface area contributed by atoms with Gasteiger partial charge in [-0.1, -0.05) is 6.07 Å². The van der Waals surface area contributed by atoms with Crippen molar-refractivity contribution in [3.63, 3.8) is 0 Å². The summed E-state index contributed by atoms with van der Waals surface area (Å²) in [7, 11) is 0. The zero-order valence-corrected chi connectivity index (χ0v) is 12.8. The van der Waals surface area contributed by atoms with Crippen molar-refractivity contribution in [3.05, 3.63) is 29.8 Å². The SMILES string of the molecule is CC(=O)N1CCN(C(=S)Nc2cccc(C(F)(F)F)c2)CC1. The molecular weight excluding hydrogens is 315 g/mol. The van der Waals surface area contributed by atoms with Crippen LogP contribution >= 0.6 is 12.2 Å². The van der Waals surface area contributed by atoms with Crippen molar-refractivity contribution in [2.75, 3.05) is 31.5 Å². The number of nitrogens with one attached hydrogen (secondary N) is 1. The Balaban J connectivity index is 1.97. The molecule has 0 bridgehead atoms. The van der Waals surface area contributed by atoms with Gasteiger partial charge in [-0.2, -0.15) is 13.2 Å². The van der Waals surface area contributed by atoms with Crippen LogP contribution in [0.3, 0.4) is 0 Å². The van der Waals surface area contributed by atoms with Crippen molar-refractivity contribution in [2.45, 2.75) is 13.1 Å². The van der Waals surface area contributed by atoms with E-state index in [1.165, 1.54) is 19.1 Å². The molecule has 1 aromatic carbocycles. The van der Waals surface area contributed by atoms with Crippen molar-refractivity contribution in [2.24, 2.45) is 0 Å². The first-order valence-electron chi connectivity index (χ1n) is 6.76. The van der Waals surface area contributed by atoms with Gasteiger partial charge in [-0.15, -0.1) is 0 Å². The number of piperazine rings is 1. The van der Waals surface area contributed by atoms with Gasteiger partial charge < -0.3 is 15.1 Å². The van der Waals surface area contributed by atoms with E-state index in [1.54, 1.807) is 4.90 Å². The van der Waals surface area contributed by atoms with Crippen molar-refractivity contribution in [1.29, 1.82) is 0 Å². The highest BCUT2D eigenvalue weighted by atomic mass is 32.1. The molecule has 0 aromatic heterocycles. The second-order valence-electron chi connectivity index (χ2n) is 5.00. The third kappa shape index (κ3) is 4.09. The van der Waals surface area contributed by atoms with Crippen molar-refractivity contribution < 1.29 is 18.0 Å². The van der Waals surface area contributed by atoms with Gasteiger partial charge in [0.15, 0.2) is 5.11 Å². The summed E-state index contributed by atoms with van der Waals surface area (Å²) >= 11 is 5.23. The van der Waals surface area contributed by atoms with Crippen molar-refractivity contribution in [1.82, 2.24) is 9.80 Å². The summed E-state index contributed by atoms with van der Waals surface area (Å²) < 4.78 is 38.0. The zero-order valence-electron chi connectivity index (χ0n) is 12.0. The van der Waals surface area contributed by atoms with Crippen LogP contribution in [0.2, 0.25) is 0 Å². The van der Waals surface area contributed by atoms with E-state index in [0.29, 0.717) is 37.0 Å². The number of rotatable bonds is 1. The Morgan fingerprint density at radius 1 is 1.18 bits per heavy atom. The van der Waals surface area contributed by atoms with Crippen molar-refractivity contribution >= 4 is 28.9 Å². The summed E-state index contributed by atoms with van der Waals surface area (Å²) in [5, 5.41) is 3.19. The van der Waals surface area contributed by atoms with Gasteiger partial charge in [0.1, 0.15) is 0 Å². The quantitative estimate of drug-likeness (QED) is 0.803. The molecule has 1 amide bonds. The number of anilines is 1. The molecular formula is C14H16F3N3OS. The fourth-order valence-electron chi connectivity index (χ4n) is 2.20. The monoisotopic (exact) mass is 331 g/mol. The standard InChI is InChI=1S/C14H16F3N3OS/c1-10(21)19-5-7-20(8-6-19)13(22)18-12-4-2-3-11(9-12)14(15,16)17/h2-4,9H,5-8H2,1H3,(H,18,22). The lowest BCUT2D eigenvalue weighted by Crippen LogP contribution is -2.51. The molecule has 2 rings (SSSR count). The van der Waals surface area contributed by atoms with Crippen molar-refractivity contribution in [3.8, 4) is 0 Å². The zero-order chi connectivity index (χ0) is 16.3. The Labute approximate surface area is 131 Å². The van der Waals surface area contributed by atoms with Gasteiger partial charge in [0.05, 0.1) is 5.56 Å². The summed E-state index contributed by atoms with van der Waals surface area (Å²) in [6.45, 7) is 3.74. The van der Waals surface area contributed by atoms with Crippen LogP contribution in [-0.2, 0) is 11.0 Å². The fraction of sp³-hybridized carbons (Fsp3) is 0.429. The average Bonchev–Trinajstić information content (AvgIpc) is 2.46. The van der Waals surface area contributed by atoms with Gasteiger partial charge in [-0.25, -0.2) is 0 Å². The van der Waals surface area contributed by atoms with Gasteiger partial charge in [-0.05, 0) is 30.4 Å². The molecule has 1 aliphatic rings. The second kappa shape index (κ2) is 6.51. The highest BCUT2D eigenvalue weighted by molar-refractivity contribution is 7.80. The third-order valence-electron chi connectivity index (χ3n) is 3.45. The molecule has 1 fully saturated rings. The lowest BCUT2D eigenvalue weighted by Gasteiger charge is -2.35. The minimum absolute atomic E-state index is 0.0106. The maximum absolute atomic E-state index is 12.7. The van der Waals surface area contributed by atoms with Crippen LogP contribution in [0.1, 0.15) is 12.5 Å². The number of benzene rings is 1. The van der Waals surface area contributed by atoms with Crippen LogP contribution in [0.25, 0.3) is 0 Å². The normalized spacial score (nSPS) is 15.6. The van der Waals surface area contributed by atoms with Gasteiger partial charge in [-0.3, -0.25) is 4.79 Å². The number of halogens is 3. The number of hydrogen-bond donors (Lipinski definition) is 1. The summed E-state index contributed by atoms with van der Waals surface area (Å²) in [6, 6.07) is 4.91. The van der Waals surface area contributed by atoms with Gasteiger partial charge >= 0.3 is 6.18 Å². The van der Waals surface area contributed by atoms with Crippen LogP contribution in [0.15, 0.2) is 24.3 Å². The van der Waals surface area contributed by atoms with Crippen LogP contribution < -0.4 is 5.32 Å². The summed E-state index contributed by atoms with van der Waals surface area (Å²) in [4.78, 5) is 14.8. The van der Waals surface area contributed by atoms with Gasteiger partial charge in [0.25, 0.3) is 0 Å². The Kier molecular flexibility index (Phi) is 4.90. The number of carbonyl (C=O) groups is 1. The lowest BCUT2D eigenvalue weighted by atomic mass is 10.2. The molecule has 0 radical (unpaired) electrons. The topological polar surface area (TPSA) is 35.6 Å². The predicted octanol–water partition coefficient (Wildman–Crippen LogP) is 2.57. The van der Waals surface area contributed by atoms with Crippen LogP contribution in [0.5, 0.6) is 0 Å². The molecule has 1 N–H and O–H groups in total. The van der Waals surface area contributed by atoms with E-state index in [0.717, 1.165) is 12.1 Å². The molecule has 1 aromatic rings. The molecule has 120 valence electrons. The molecule has 0 atom stereocenters. The molecule has 0 saturated carbocycles. The maximum atomic E-state index is 12.7. The predicted molar refractivity (Wildman–Crippen MR) is 81.5 cm³/mol. The Bertz CT molecular complexity index is 569. The number of hydrogen-bond acceptors (Lipinski definition) is 2. The van der Waals surface area contributed by atoms with Gasteiger partial charge in [0.2, 0.25) is 5.91 Å². The molecule has 0 spiro atoms. The molecule has 0 unspecified atom stereocenters. The smallest absolute Gasteiger partial charge is 0.345 e. The molecule has 1 saturated heterocycles. The van der Waals surface area contributed by atoms with E-state index in [2.05, 4.69) is 5.32 Å². The first kappa shape index (κ1) is 16.5. The molecule has 22 heavy (non-hydrogen) atoms. The molecule has 0 aliphatic carbocycles. The van der Waals surface area contributed by atoms with E-state index >= 15 is 0 Å². The first-order chi connectivity index (χ1) is 10.3. The number of alkyl halides is 3. The van der Waals surface area contributed by atoms with Crippen LogP contribution in [0, 0.1) is 0 Å². The molecule has 4 nitrogen and oxygen atoms in total. The number of amides is 1. The highest BCUT2D eigenvalue weighted by Gasteiger charge is 2.30. The minimum Gasteiger partial charge on any atom is -0.345 e. The van der Waals surface area contributed by atoms with E-state index in [1.807, 2.05) is 4.90 Å². The first-order valence-corrected chi connectivity index (χ1v) is 7.17. The van der Waals surface area contributed by atoms with E-state index in [9.17, 15) is 18.0 Å². The van der Waals surface area contributed by atoms with Crippen LogP contribution in [-0.4, -0.2) is 47.0 Å². The minimum atomic E-state index is -4.38. The molecule has 1 heterocycles. The number of thiocarbonyl (C=S) groups is 1. The summed E-state index contributed by atoms with van der Waals surface area (Å²) in [6.07, 6.45) is -4.38. The Morgan fingerprint density at radius 2 is 1.77 bits per heavy atom. The van der Waals surface area contributed by atoms with E-state index in [4.69, 9.17) is 12.2 Å². The average molecular weight is 331 g/mol. The third-order valence-corrected chi connectivity index (χ3v) is 3.81. The highest BCUT2D eigenvalue weighted by Crippen LogP contribution is 2.30. The number of nitrogens with zero attached hydrogens (tertiary/aromatic N) is 2. The van der Waals surface area contributed by atoms with E-state index < -0.39 is 11.7 Å². The maximum Gasteiger partial charge on any atom is 0.416 e. The fourth-order valence-corrected chi connectivity index (χ4v) is 2.50. The Morgan fingerprint density at radius 3 is 2.32 bits per heavy atom. The summed E-state index contributed by atoms with van der Waals surface area (Å²) in [5.41, 5.74) is -0.421.